The van der Waals surface area contributed by atoms with Gasteiger partial charge in [-0.25, -0.2) is 4.99 Å². The van der Waals surface area contributed by atoms with Crippen LogP contribution in [0, 0.1) is 5.92 Å². The van der Waals surface area contributed by atoms with Crippen LogP contribution < -0.4 is 11.1 Å². The lowest BCUT2D eigenvalue weighted by atomic mass is 9.89. The third-order valence-corrected chi connectivity index (χ3v) is 2.34. The first-order valence-corrected chi connectivity index (χ1v) is 4.23. The van der Waals surface area contributed by atoms with E-state index in [4.69, 9.17) is 5.73 Å². The van der Waals surface area contributed by atoms with Crippen LogP contribution in [0.1, 0.15) is 13.3 Å². The molecule has 0 aromatic heterocycles. The molecular weight excluding hydrogens is 150 g/mol. The molecule has 0 fully saturated rings. The molecule has 0 amide bonds. The second-order valence-electron chi connectivity index (χ2n) is 3.38. The molecule has 2 atom stereocenters. The van der Waals surface area contributed by atoms with Crippen LogP contribution in [-0.4, -0.2) is 12.4 Å². The maximum absolute atomic E-state index is 5.76. The molecule has 1 heterocycles. The molecule has 1 aliphatic carbocycles. The zero-order chi connectivity index (χ0) is 8.55. The van der Waals surface area contributed by atoms with Crippen molar-refractivity contribution in [2.24, 2.45) is 16.6 Å². The molecule has 0 aromatic carbocycles. The van der Waals surface area contributed by atoms with Gasteiger partial charge in [-0.15, -0.1) is 0 Å². The average Bonchev–Trinajstić information content (AvgIpc) is 2.07. The summed E-state index contributed by atoms with van der Waals surface area (Å²) in [5, 5.41) is 3.16. The number of hydrogen-bond donors (Lipinski definition) is 2. The minimum Gasteiger partial charge on any atom is -0.384 e. The summed E-state index contributed by atoms with van der Waals surface area (Å²) < 4.78 is 0. The molecular formula is C9H13N3. The van der Waals surface area contributed by atoms with Crippen molar-refractivity contribution in [2.75, 3.05) is 0 Å². The number of rotatable bonds is 0. The van der Waals surface area contributed by atoms with E-state index in [1.54, 1.807) is 6.34 Å². The first-order valence-electron chi connectivity index (χ1n) is 4.23. The van der Waals surface area contributed by atoms with Gasteiger partial charge in [0.15, 0.2) is 0 Å². The molecule has 12 heavy (non-hydrogen) atoms. The first kappa shape index (κ1) is 7.40. The summed E-state index contributed by atoms with van der Waals surface area (Å²) in [6, 6.07) is 0.290. The number of nitrogens with two attached hydrogens (primary N) is 1. The highest BCUT2D eigenvalue weighted by atomic mass is 15.0. The monoisotopic (exact) mass is 163 g/mol. The Labute approximate surface area is 72.1 Å². The second kappa shape index (κ2) is 2.66. The van der Waals surface area contributed by atoms with E-state index >= 15 is 0 Å². The molecule has 2 unspecified atom stereocenters. The van der Waals surface area contributed by atoms with Crippen LogP contribution in [0.5, 0.6) is 0 Å². The van der Waals surface area contributed by atoms with Gasteiger partial charge < -0.3 is 11.1 Å². The van der Waals surface area contributed by atoms with E-state index in [1.165, 1.54) is 5.57 Å². The van der Waals surface area contributed by atoms with Crippen LogP contribution in [-0.2, 0) is 0 Å². The van der Waals surface area contributed by atoms with E-state index in [0.717, 1.165) is 6.42 Å². The highest BCUT2D eigenvalue weighted by molar-refractivity contribution is 5.61. The van der Waals surface area contributed by atoms with Crippen LogP contribution in [0.2, 0.25) is 0 Å². The predicted octanol–water partition coefficient (Wildman–Crippen LogP) is 0.753. The fraction of sp³-hybridized carbons (Fsp3) is 0.444. The van der Waals surface area contributed by atoms with Crippen molar-refractivity contribution < 1.29 is 0 Å². The Kier molecular flexibility index (Phi) is 1.64. The average molecular weight is 163 g/mol. The van der Waals surface area contributed by atoms with Crippen molar-refractivity contribution in [2.45, 2.75) is 19.4 Å². The van der Waals surface area contributed by atoms with Gasteiger partial charge in [-0.2, -0.15) is 0 Å². The summed E-state index contributed by atoms with van der Waals surface area (Å²) in [4.78, 5) is 4.04. The molecule has 3 nitrogen and oxygen atoms in total. The number of nitrogens with one attached hydrogen (secondary N) is 1. The van der Waals surface area contributed by atoms with Gasteiger partial charge >= 0.3 is 0 Å². The van der Waals surface area contributed by atoms with Crippen LogP contribution in [0.4, 0.5) is 0 Å². The second-order valence-corrected chi connectivity index (χ2v) is 3.38. The standard InChI is InChI=1S/C9H13N3/c1-6-2-3-8-7(4-6)9(10)12-5-11-8/h2-3,5-6,8H,4,10H2,1H3,(H,11,12). The SMILES string of the molecule is CC1C=CC2NC=NC(N)=C2C1. The lowest BCUT2D eigenvalue weighted by Crippen LogP contribution is -2.35. The predicted molar refractivity (Wildman–Crippen MR) is 49.6 cm³/mol. The Bertz CT molecular complexity index is 275. The number of nitrogens with zero attached hydrogens (tertiary/aromatic N) is 1. The first-order chi connectivity index (χ1) is 5.77. The lowest BCUT2D eigenvalue weighted by Gasteiger charge is -2.27. The number of allylic oxidation sites excluding steroid dienone is 1. The van der Waals surface area contributed by atoms with E-state index in [2.05, 4.69) is 29.4 Å². The van der Waals surface area contributed by atoms with Gasteiger partial charge in [0.1, 0.15) is 5.82 Å². The third kappa shape index (κ3) is 1.11. The van der Waals surface area contributed by atoms with Crippen LogP contribution in [0.25, 0.3) is 0 Å². The van der Waals surface area contributed by atoms with Crippen molar-refractivity contribution in [3.8, 4) is 0 Å². The van der Waals surface area contributed by atoms with E-state index in [-0.39, 0.29) is 0 Å². The van der Waals surface area contributed by atoms with Crippen molar-refractivity contribution in [1.82, 2.24) is 5.32 Å². The minimum absolute atomic E-state index is 0.290. The van der Waals surface area contributed by atoms with E-state index < -0.39 is 0 Å². The van der Waals surface area contributed by atoms with E-state index in [0.29, 0.717) is 17.8 Å². The van der Waals surface area contributed by atoms with E-state index in [1.807, 2.05) is 0 Å². The lowest BCUT2D eigenvalue weighted by molar-refractivity contribution is 0.615. The molecule has 0 saturated carbocycles. The normalized spacial score (nSPS) is 33.1. The fourth-order valence-corrected chi connectivity index (χ4v) is 1.65. The molecule has 0 bridgehead atoms. The summed E-state index contributed by atoms with van der Waals surface area (Å²) in [6.45, 7) is 2.19. The van der Waals surface area contributed by atoms with Crippen LogP contribution in [0.3, 0.4) is 0 Å². The van der Waals surface area contributed by atoms with Gasteiger partial charge in [-0.1, -0.05) is 19.1 Å². The molecule has 2 aliphatic rings. The number of fused-ring (bicyclic) bond motifs is 1. The fourth-order valence-electron chi connectivity index (χ4n) is 1.65. The molecule has 3 N–H and O–H groups in total. The maximum atomic E-state index is 5.76. The topological polar surface area (TPSA) is 50.4 Å². The molecule has 0 radical (unpaired) electrons. The Balaban J connectivity index is 2.34. The molecule has 0 saturated heterocycles. The van der Waals surface area contributed by atoms with Crippen molar-refractivity contribution in [1.29, 1.82) is 0 Å². The largest absolute Gasteiger partial charge is 0.384 e. The van der Waals surface area contributed by atoms with Crippen molar-refractivity contribution in [3.63, 3.8) is 0 Å². The zero-order valence-corrected chi connectivity index (χ0v) is 7.12. The smallest absolute Gasteiger partial charge is 0.126 e. The van der Waals surface area contributed by atoms with Crippen LogP contribution >= 0.6 is 0 Å². The van der Waals surface area contributed by atoms with Gasteiger partial charge in [0.25, 0.3) is 0 Å². The Hall–Kier alpha value is -1.25. The van der Waals surface area contributed by atoms with E-state index in [9.17, 15) is 0 Å². The number of hydrogen-bond acceptors (Lipinski definition) is 3. The molecule has 64 valence electrons. The Morgan fingerprint density at radius 3 is 3.25 bits per heavy atom. The van der Waals surface area contributed by atoms with Gasteiger partial charge in [0.05, 0.1) is 12.4 Å². The summed E-state index contributed by atoms with van der Waals surface area (Å²) in [7, 11) is 0. The quantitative estimate of drug-likeness (QED) is 0.518. The zero-order valence-electron chi connectivity index (χ0n) is 7.12. The highest BCUT2D eigenvalue weighted by Gasteiger charge is 2.21. The highest BCUT2D eigenvalue weighted by Crippen LogP contribution is 2.25. The summed E-state index contributed by atoms with van der Waals surface area (Å²) in [5.74, 6) is 1.28. The van der Waals surface area contributed by atoms with Gasteiger partial charge in [-0.05, 0) is 17.9 Å². The maximum Gasteiger partial charge on any atom is 0.126 e. The van der Waals surface area contributed by atoms with Crippen LogP contribution in [0.15, 0.2) is 28.5 Å². The molecule has 0 aromatic rings. The van der Waals surface area contributed by atoms with Gasteiger partial charge in [0, 0.05) is 0 Å². The Morgan fingerprint density at radius 1 is 1.58 bits per heavy atom. The molecule has 0 spiro atoms. The van der Waals surface area contributed by atoms with Gasteiger partial charge in [0.2, 0.25) is 0 Å². The summed E-state index contributed by atoms with van der Waals surface area (Å²) >= 11 is 0. The van der Waals surface area contributed by atoms with Crippen molar-refractivity contribution >= 4 is 6.34 Å². The van der Waals surface area contributed by atoms with Gasteiger partial charge in [-0.3, -0.25) is 0 Å². The van der Waals surface area contributed by atoms with Crippen molar-refractivity contribution in [3.05, 3.63) is 23.5 Å². The summed E-state index contributed by atoms with van der Waals surface area (Å²) in [5.41, 5.74) is 6.99. The molecule has 2 rings (SSSR count). The molecule has 1 aliphatic heterocycles. The third-order valence-electron chi connectivity index (χ3n) is 2.34. The molecule has 3 heteroatoms. The number of aliphatic imine (C=N–C) groups is 1. The Morgan fingerprint density at radius 2 is 2.42 bits per heavy atom. The minimum atomic E-state index is 0.290. The summed E-state index contributed by atoms with van der Waals surface area (Å²) in [6.07, 6.45) is 7.07.